The number of allylic oxidation sites excluding steroid dienone is 3. The van der Waals surface area contributed by atoms with Crippen molar-refractivity contribution in [3.63, 3.8) is 0 Å². The molecule has 10 rings (SSSR count). The number of aliphatic hydroxyl groups excluding tert-OH is 1. The lowest BCUT2D eigenvalue weighted by Gasteiger charge is -2.54. The van der Waals surface area contributed by atoms with Gasteiger partial charge in [-0.2, -0.15) is 0 Å². The van der Waals surface area contributed by atoms with Gasteiger partial charge in [-0.1, -0.05) is 158 Å². The third-order valence-electron chi connectivity index (χ3n) is 19.6. The molecule has 0 heterocycles. The number of aromatic hydroxyl groups is 1. The number of aryl methyl sites for hydroxylation is 2. The van der Waals surface area contributed by atoms with Gasteiger partial charge in [-0.3, -0.25) is 4.79 Å². The first-order valence-corrected chi connectivity index (χ1v) is 29.5. The number of unbranched alkanes of at least 4 members (excludes halogenated alkanes) is 5. The van der Waals surface area contributed by atoms with Gasteiger partial charge in [-0.15, -0.1) is 6.58 Å². The van der Waals surface area contributed by atoms with Crippen LogP contribution in [0.2, 0.25) is 0 Å². The zero-order valence-corrected chi connectivity index (χ0v) is 45.7. The molecule has 6 aliphatic rings. The number of carbonyl (C=O) groups excluding carboxylic acids is 1. The highest BCUT2D eigenvalue weighted by Gasteiger charge is 2.58. The molecule has 3 saturated carbocycles. The van der Waals surface area contributed by atoms with E-state index in [1.807, 2.05) is 25.1 Å². The molecule has 6 unspecified atom stereocenters. The molecule has 6 aliphatic carbocycles. The third-order valence-corrected chi connectivity index (χ3v) is 19.6. The lowest BCUT2D eigenvalue weighted by Crippen LogP contribution is -2.47. The van der Waals surface area contributed by atoms with Crippen LogP contribution in [0.5, 0.6) is 11.5 Å². The average molecular weight is 1020 g/mol. The molecule has 0 aliphatic heterocycles. The predicted octanol–water partition coefficient (Wildman–Crippen LogP) is 17.1. The van der Waals surface area contributed by atoms with Crippen molar-refractivity contribution in [2.45, 2.75) is 201 Å². The molecule has 3 fully saturated rings. The van der Waals surface area contributed by atoms with Crippen molar-refractivity contribution in [2.75, 3.05) is 6.61 Å². The molecule has 6 nitrogen and oxygen atoms in total. The van der Waals surface area contributed by atoms with Crippen LogP contribution in [0.15, 0.2) is 115 Å². The summed E-state index contributed by atoms with van der Waals surface area (Å²) in [6.45, 7) is 14.9. The van der Waals surface area contributed by atoms with Crippen molar-refractivity contribution in [2.24, 2.45) is 46.3 Å². The lowest BCUT2D eigenvalue weighted by atomic mass is 9.51. The zero-order valence-electron chi connectivity index (χ0n) is 45.7. The van der Waals surface area contributed by atoms with Gasteiger partial charge in [0.2, 0.25) is 0 Å². The molecule has 4 aromatic rings. The molecular formula is C69H94O6. The molecule has 2 N–H and O–H groups in total. The molecule has 406 valence electrons. The van der Waals surface area contributed by atoms with Crippen LogP contribution in [0.4, 0.5) is 0 Å². The van der Waals surface area contributed by atoms with Crippen LogP contribution >= 0.6 is 0 Å². The molecule has 75 heavy (non-hydrogen) atoms. The standard InChI is InChI=1S/C35H38O2.C33H52O4.CH4/c1-3-10-28-22-35(2)32(19-20-33(35)37-24-26-13-8-5-9-14-26)31-17-15-27-21-29(16-18-30(27)34(28)31)36-23-25-11-6-4-7-12-25;1-4-12-23(32(36)37-5-2)13-10-8-6-7-9-11-14-25-22-33(3)29(19-20-30(33)35)28-17-15-24-21-26(34)16-18-27(24)31(25)28;/h3-9,11-14,16,18,21,31-33H,1,10,15,17,19-20,22-24H2,2H3;16,18,21,23,25,28-31,34-35H,4-15,17,19-20,22H2,1-3H3;1H4/t31?,32?,33-,35-;23?,25-,28?,29?,30-,31?,33-;/m00./s1. The van der Waals surface area contributed by atoms with E-state index in [1.54, 1.807) is 11.1 Å². The number of rotatable bonds is 21. The summed E-state index contributed by atoms with van der Waals surface area (Å²) in [6, 6.07) is 34.0. The van der Waals surface area contributed by atoms with Crippen LogP contribution in [0, 0.1) is 46.3 Å². The van der Waals surface area contributed by atoms with Crippen LogP contribution in [-0.4, -0.2) is 35.0 Å². The molecule has 11 atom stereocenters. The predicted molar refractivity (Wildman–Crippen MR) is 308 cm³/mol. The Bertz CT molecular complexity index is 2500. The maximum atomic E-state index is 12.1. The number of phenols is 1. The van der Waals surface area contributed by atoms with E-state index in [1.165, 1.54) is 97.6 Å². The van der Waals surface area contributed by atoms with Crippen LogP contribution in [0.3, 0.4) is 0 Å². The largest absolute Gasteiger partial charge is 0.508 e. The Kier molecular flexibility index (Phi) is 19.7. The highest BCUT2D eigenvalue weighted by atomic mass is 16.5. The van der Waals surface area contributed by atoms with Crippen molar-refractivity contribution in [3.8, 4) is 11.5 Å². The molecule has 0 amide bonds. The minimum Gasteiger partial charge on any atom is -0.508 e. The van der Waals surface area contributed by atoms with Gasteiger partial charge in [0.05, 0.1) is 31.3 Å². The number of benzene rings is 4. The molecule has 0 saturated heterocycles. The summed E-state index contributed by atoms with van der Waals surface area (Å²) in [6.07, 6.45) is 26.2. The molecule has 0 spiro atoms. The summed E-state index contributed by atoms with van der Waals surface area (Å²) >= 11 is 0. The second kappa shape index (κ2) is 26.1. The van der Waals surface area contributed by atoms with Gasteiger partial charge in [0.1, 0.15) is 18.1 Å². The highest BCUT2D eigenvalue weighted by Crippen LogP contribution is 2.64. The van der Waals surface area contributed by atoms with Crippen molar-refractivity contribution >= 4 is 11.5 Å². The quantitative estimate of drug-likeness (QED) is 0.0491. The number of ether oxygens (including phenoxy) is 3. The highest BCUT2D eigenvalue weighted by molar-refractivity contribution is 5.77. The van der Waals surface area contributed by atoms with Crippen LogP contribution in [0.25, 0.3) is 5.57 Å². The number of esters is 1. The fraction of sp³-hybridized carbons (Fsp3) is 0.580. The van der Waals surface area contributed by atoms with E-state index in [-0.39, 0.29) is 36.2 Å². The number of aliphatic hydroxyl groups is 1. The Morgan fingerprint density at radius 2 is 1.47 bits per heavy atom. The van der Waals surface area contributed by atoms with Crippen molar-refractivity contribution in [1.82, 2.24) is 0 Å². The average Bonchev–Trinajstić information content (AvgIpc) is 3.94. The molecule has 0 bridgehead atoms. The van der Waals surface area contributed by atoms with E-state index < -0.39 is 0 Å². The summed E-state index contributed by atoms with van der Waals surface area (Å²) < 4.78 is 18.1. The maximum absolute atomic E-state index is 12.1. The molecule has 0 aromatic heterocycles. The zero-order chi connectivity index (χ0) is 51.7. The van der Waals surface area contributed by atoms with E-state index in [9.17, 15) is 15.0 Å². The molecular weight excluding hydrogens is 925 g/mol. The minimum atomic E-state index is -0.145. The van der Waals surface area contributed by atoms with Gasteiger partial charge in [-0.25, -0.2) is 0 Å². The van der Waals surface area contributed by atoms with Crippen LogP contribution in [0.1, 0.15) is 196 Å². The summed E-state index contributed by atoms with van der Waals surface area (Å²) in [4.78, 5) is 12.1. The first kappa shape index (κ1) is 56.6. The van der Waals surface area contributed by atoms with E-state index in [0.717, 1.165) is 76.4 Å². The number of fused-ring (bicyclic) bond motifs is 10. The second-order valence-corrected chi connectivity index (χ2v) is 24.1. The van der Waals surface area contributed by atoms with Crippen LogP contribution < -0.4 is 4.74 Å². The Balaban J connectivity index is 0.000000197. The second-order valence-electron chi connectivity index (χ2n) is 24.1. The fourth-order valence-electron chi connectivity index (χ4n) is 16.1. The van der Waals surface area contributed by atoms with E-state index in [4.69, 9.17) is 14.2 Å². The van der Waals surface area contributed by atoms with Crippen LogP contribution in [-0.2, 0) is 40.3 Å². The van der Waals surface area contributed by atoms with Gasteiger partial charge in [0.25, 0.3) is 0 Å². The smallest absolute Gasteiger partial charge is 0.308 e. The van der Waals surface area contributed by atoms with Crippen molar-refractivity contribution in [1.29, 1.82) is 0 Å². The number of phenolic OH excluding ortho intramolecular Hbond substituents is 1. The summed E-state index contributed by atoms with van der Waals surface area (Å²) in [5.74, 6) is 5.27. The molecule has 4 aromatic carbocycles. The minimum absolute atomic E-state index is 0. The maximum Gasteiger partial charge on any atom is 0.308 e. The van der Waals surface area contributed by atoms with Crippen molar-refractivity contribution < 1.29 is 29.2 Å². The van der Waals surface area contributed by atoms with Gasteiger partial charge < -0.3 is 24.4 Å². The normalized spacial score (nSPS) is 28.4. The van der Waals surface area contributed by atoms with E-state index >= 15 is 0 Å². The Morgan fingerprint density at radius 1 is 0.760 bits per heavy atom. The van der Waals surface area contributed by atoms with Gasteiger partial charge >= 0.3 is 5.97 Å². The Morgan fingerprint density at radius 3 is 2.20 bits per heavy atom. The topological polar surface area (TPSA) is 85.2 Å². The summed E-state index contributed by atoms with van der Waals surface area (Å²) in [5.41, 5.74) is 11.7. The lowest BCUT2D eigenvalue weighted by molar-refractivity contribution is -0.148. The van der Waals surface area contributed by atoms with Gasteiger partial charge in [0, 0.05) is 5.41 Å². The molecule has 0 radical (unpaired) electrons. The monoisotopic (exact) mass is 1020 g/mol. The Hall–Kier alpha value is -4.65. The first-order chi connectivity index (χ1) is 36.0. The summed E-state index contributed by atoms with van der Waals surface area (Å²) in [7, 11) is 0. The van der Waals surface area contributed by atoms with E-state index in [2.05, 4.69) is 112 Å². The SMILES string of the molecule is C.C=CCC1=C2c3ccc(OCc4ccccc4)cc3CCC2C2CC[C@H](OCc3ccccc3)[C@@]2(C)C1.CCCC(CCCCCCCC[C@H]1C[C@@]2(C)C(CC[C@@H]2O)C2CCc3cc(O)ccc3C21)C(=O)OCC. The third kappa shape index (κ3) is 12.7. The number of carbonyl (C=O) groups is 1. The van der Waals surface area contributed by atoms with Gasteiger partial charge in [0.15, 0.2) is 0 Å². The fourth-order valence-corrected chi connectivity index (χ4v) is 16.1. The summed E-state index contributed by atoms with van der Waals surface area (Å²) in [5, 5.41) is 21.1. The number of hydrogen-bond donors (Lipinski definition) is 2. The van der Waals surface area contributed by atoms with Crippen molar-refractivity contribution in [3.05, 3.63) is 149 Å². The van der Waals surface area contributed by atoms with Gasteiger partial charge in [-0.05, 0) is 201 Å². The van der Waals surface area contributed by atoms with E-state index in [0.29, 0.717) is 67.2 Å². The molecule has 6 heteroatoms. The first-order valence-electron chi connectivity index (χ1n) is 29.5. The Labute approximate surface area is 453 Å². The number of hydrogen-bond acceptors (Lipinski definition) is 6.